The number of carbonyl (C=O) groups excluding carboxylic acids is 2. The van der Waals surface area contributed by atoms with Crippen molar-refractivity contribution < 1.29 is 23.8 Å². The van der Waals surface area contributed by atoms with Gasteiger partial charge in [0.25, 0.3) is 5.91 Å². The zero-order valence-corrected chi connectivity index (χ0v) is 14.4. The summed E-state index contributed by atoms with van der Waals surface area (Å²) in [6.07, 6.45) is 0. The van der Waals surface area contributed by atoms with Crippen molar-refractivity contribution in [2.45, 2.75) is 13.8 Å². The summed E-state index contributed by atoms with van der Waals surface area (Å²) < 4.78 is 15.4. The first kappa shape index (κ1) is 17.7. The fourth-order valence-corrected chi connectivity index (χ4v) is 2.69. The first-order valence-electron chi connectivity index (χ1n) is 7.24. The summed E-state index contributed by atoms with van der Waals surface area (Å²) in [5, 5.41) is 2.94. The fraction of sp³-hybridized carbons (Fsp3) is 0.312. The van der Waals surface area contributed by atoms with Gasteiger partial charge in [-0.15, -0.1) is 0 Å². The third-order valence-corrected chi connectivity index (χ3v) is 3.99. The molecule has 2 rings (SSSR count). The van der Waals surface area contributed by atoms with Gasteiger partial charge in [-0.1, -0.05) is 11.3 Å². The highest BCUT2D eigenvalue weighted by Crippen LogP contribution is 2.23. The largest absolute Gasteiger partial charge is 0.497 e. The number of esters is 1. The number of ether oxygens (including phenoxy) is 3. The predicted octanol–water partition coefficient (Wildman–Crippen LogP) is 2.65. The van der Waals surface area contributed by atoms with E-state index in [1.807, 2.05) is 0 Å². The Morgan fingerprint density at radius 2 is 1.88 bits per heavy atom. The molecule has 7 nitrogen and oxygen atoms in total. The van der Waals surface area contributed by atoms with Crippen LogP contribution in [0.2, 0.25) is 0 Å². The van der Waals surface area contributed by atoms with E-state index in [0.717, 1.165) is 11.3 Å². The van der Waals surface area contributed by atoms with E-state index >= 15 is 0 Å². The Morgan fingerprint density at radius 1 is 1.21 bits per heavy atom. The van der Waals surface area contributed by atoms with Crippen LogP contribution in [0, 0.1) is 6.92 Å². The molecule has 1 aromatic heterocycles. The van der Waals surface area contributed by atoms with Gasteiger partial charge >= 0.3 is 5.97 Å². The fourth-order valence-electron chi connectivity index (χ4n) is 1.81. The molecule has 1 heterocycles. The van der Waals surface area contributed by atoms with Gasteiger partial charge in [0.15, 0.2) is 11.7 Å². The highest BCUT2D eigenvalue weighted by molar-refractivity contribution is 7.17. The van der Waals surface area contributed by atoms with E-state index in [1.165, 1.54) is 0 Å². The van der Waals surface area contributed by atoms with Crippen LogP contribution >= 0.6 is 11.3 Å². The number of carbonyl (C=O) groups is 2. The molecule has 1 aromatic carbocycles. The first-order chi connectivity index (χ1) is 11.5. The summed E-state index contributed by atoms with van der Waals surface area (Å²) >= 11 is 1.07. The van der Waals surface area contributed by atoms with Gasteiger partial charge in [0.2, 0.25) is 0 Å². The number of methoxy groups -OCH3 is 1. The quantitative estimate of drug-likeness (QED) is 0.773. The summed E-state index contributed by atoms with van der Waals surface area (Å²) in [4.78, 5) is 28.2. The molecule has 24 heavy (non-hydrogen) atoms. The topological polar surface area (TPSA) is 86.8 Å². The van der Waals surface area contributed by atoms with Gasteiger partial charge in [-0.3, -0.25) is 10.1 Å². The van der Waals surface area contributed by atoms with E-state index in [9.17, 15) is 9.59 Å². The molecule has 0 atom stereocenters. The second kappa shape index (κ2) is 8.30. The number of amides is 1. The van der Waals surface area contributed by atoms with Crippen LogP contribution in [-0.2, 0) is 9.53 Å². The van der Waals surface area contributed by atoms with E-state index in [0.29, 0.717) is 27.2 Å². The maximum Gasteiger partial charge on any atom is 0.350 e. The van der Waals surface area contributed by atoms with Crippen molar-refractivity contribution in [3.8, 4) is 11.5 Å². The van der Waals surface area contributed by atoms with Crippen LogP contribution in [0.4, 0.5) is 5.13 Å². The lowest BCUT2D eigenvalue weighted by Gasteiger charge is -2.06. The third kappa shape index (κ3) is 4.69. The molecule has 0 saturated heterocycles. The molecule has 0 aliphatic heterocycles. The molecule has 8 heteroatoms. The van der Waals surface area contributed by atoms with Gasteiger partial charge in [0.1, 0.15) is 16.4 Å². The number of aromatic nitrogens is 1. The predicted molar refractivity (Wildman–Crippen MR) is 89.9 cm³/mol. The monoisotopic (exact) mass is 350 g/mol. The number of anilines is 1. The van der Waals surface area contributed by atoms with Crippen molar-refractivity contribution >= 4 is 28.3 Å². The highest BCUT2D eigenvalue weighted by Gasteiger charge is 2.17. The Labute approximate surface area is 143 Å². The van der Waals surface area contributed by atoms with Crippen molar-refractivity contribution in [1.82, 2.24) is 4.98 Å². The molecule has 0 bridgehead atoms. The average Bonchev–Trinajstić information content (AvgIpc) is 2.94. The summed E-state index contributed by atoms with van der Waals surface area (Å²) in [7, 11) is 1.57. The molecule has 0 aliphatic carbocycles. The molecular weight excluding hydrogens is 332 g/mol. The van der Waals surface area contributed by atoms with Crippen molar-refractivity contribution in [1.29, 1.82) is 0 Å². The smallest absolute Gasteiger partial charge is 0.350 e. The Morgan fingerprint density at radius 3 is 2.50 bits per heavy atom. The molecular formula is C16H18N2O5S. The Bertz CT molecular complexity index is 712. The van der Waals surface area contributed by atoms with Gasteiger partial charge in [-0.05, 0) is 38.1 Å². The third-order valence-electron chi connectivity index (χ3n) is 2.93. The molecule has 0 spiro atoms. The molecule has 0 aliphatic rings. The lowest BCUT2D eigenvalue weighted by molar-refractivity contribution is -0.118. The molecule has 128 valence electrons. The van der Waals surface area contributed by atoms with E-state index in [2.05, 4.69) is 10.3 Å². The number of nitrogens with zero attached hydrogens (tertiary/aromatic N) is 1. The molecule has 0 unspecified atom stereocenters. The Hall–Kier alpha value is -2.61. The van der Waals surface area contributed by atoms with E-state index in [-0.39, 0.29) is 19.1 Å². The number of nitrogens with one attached hydrogen (secondary N) is 1. The second-order valence-corrected chi connectivity index (χ2v) is 5.67. The molecule has 0 saturated carbocycles. The summed E-state index contributed by atoms with van der Waals surface area (Å²) in [5.74, 6) is 0.447. The van der Waals surface area contributed by atoms with E-state index < -0.39 is 5.97 Å². The van der Waals surface area contributed by atoms with Crippen LogP contribution in [-0.4, -0.2) is 37.2 Å². The maximum absolute atomic E-state index is 11.9. The highest BCUT2D eigenvalue weighted by atomic mass is 32.1. The Kier molecular flexibility index (Phi) is 6.14. The molecule has 2 aromatic rings. The van der Waals surface area contributed by atoms with Gasteiger partial charge in [0.05, 0.1) is 19.4 Å². The first-order valence-corrected chi connectivity index (χ1v) is 8.06. The molecule has 0 radical (unpaired) electrons. The van der Waals surface area contributed by atoms with Crippen LogP contribution in [0.25, 0.3) is 0 Å². The summed E-state index contributed by atoms with van der Waals surface area (Å²) in [5.41, 5.74) is 0.518. The molecule has 0 fully saturated rings. The van der Waals surface area contributed by atoms with E-state index in [1.54, 1.807) is 45.2 Å². The standard InChI is InChI=1S/C16H18N2O5S/c1-4-22-15(20)14-10(2)17-16(24-14)18-13(19)9-23-12-7-5-11(21-3)6-8-12/h5-8H,4,9H2,1-3H3,(H,17,18,19). The minimum atomic E-state index is -0.442. The van der Waals surface area contributed by atoms with Gasteiger partial charge in [0, 0.05) is 0 Å². The van der Waals surface area contributed by atoms with Crippen LogP contribution in [0.1, 0.15) is 22.3 Å². The number of thiazole rings is 1. The van der Waals surface area contributed by atoms with E-state index in [4.69, 9.17) is 14.2 Å². The van der Waals surface area contributed by atoms with Crippen molar-refractivity contribution in [3.05, 3.63) is 34.8 Å². The van der Waals surface area contributed by atoms with Crippen LogP contribution in [0.15, 0.2) is 24.3 Å². The number of benzene rings is 1. The Balaban J connectivity index is 1.90. The van der Waals surface area contributed by atoms with Crippen molar-refractivity contribution in [3.63, 3.8) is 0 Å². The van der Waals surface area contributed by atoms with Gasteiger partial charge in [-0.25, -0.2) is 9.78 Å². The number of rotatable bonds is 7. The van der Waals surface area contributed by atoms with Crippen molar-refractivity contribution in [2.24, 2.45) is 0 Å². The lowest BCUT2D eigenvalue weighted by atomic mass is 10.3. The van der Waals surface area contributed by atoms with Crippen LogP contribution < -0.4 is 14.8 Å². The number of hydrogen-bond acceptors (Lipinski definition) is 7. The lowest BCUT2D eigenvalue weighted by Crippen LogP contribution is -2.20. The molecule has 1 amide bonds. The van der Waals surface area contributed by atoms with Crippen LogP contribution in [0.5, 0.6) is 11.5 Å². The second-order valence-electron chi connectivity index (χ2n) is 4.67. The number of hydrogen-bond donors (Lipinski definition) is 1. The summed E-state index contributed by atoms with van der Waals surface area (Å²) in [6.45, 7) is 3.53. The van der Waals surface area contributed by atoms with Crippen LogP contribution in [0.3, 0.4) is 0 Å². The van der Waals surface area contributed by atoms with Gasteiger partial charge in [-0.2, -0.15) is 0 Å². The van der Waals surface area contributed by atoms with Crippen molar-refractivity contribution in [2.75, 3.05) is 25.6 Å². The normalized spacial score (nSPS) is 10.1. The zero-order valence-electron chi connectivity index (χ0n) is 13.6. The summed E-state index contributed by atoms with van der Waals surface area (Å²) in [6, 6.07) is 6.89. The molecule has 1 N–H and O–H groups in total. The zero-order chi connectivity index (χ0) is 17.5. The minimum Gasteiger partial charge on any atom is -0.497 e. The maximum atomic E-state index is 11.9. The minimum absolute atomic E-state index is 0.167. The number of aryl methyl sites for hydroxylation is 1. The SMILES string of the molecule is CCOC(=O)c1sc(NC(=O)COc2ccc(OC)cc2)nc1C. The van der Waals surface area contributed by atoms with Gasteiger partial charge < -0.3 is 14.2 Å². The average molecular weight is 350 g/mol.